The molecule has 1 saturated heterocycles. The van der Waals surface area contributed by atoms with Crippen molar-refractivity contribution in [3.63, 3.8) is 0 Å². The van der Waals surface area contributed by atoms with Crippen LogP contribution < -0.4 is 5.56 Å². The second-order valence-corrected chi connectivity index (χ2v) is 8.76. The number of pyridine rings is 1. The normalized spacial score (nSPS) is 17.8. The Balaban J connectivity index is 1.41. The molecule has 1 fully saturated rings. The van der Waals surface area contributed by atoms with E-state index >= 15 is 0 Å². The summed E-state index contributed by atoms with van der Waals surface area (Å²) in [4.78, 5) is 19.6. The van der Waals surface area contributed by atoms with Crippen molar-refractivity contribution in [3.05, 3.63) is 70.0 Å². The van der Waals surface area contributed by atoms with Gasteiger partial charge in [0.15, 0.2) is 0 Å². The van der Waals surface area contributed by atoms with Gasteiger partial charge in [-0.15, -0.1) is 0 Å². The minimum atomic E-state index is 0.0691. The Morgan fingerprint density at radius 1 is 1.17 bits per heavy atom. The first-order valence-corrected chi connectivity index (χ1v) is 11.0. The van der Waals surface area contributed by atoms with Crippen LogP contribution in [0.15, 0.2) is 64.5 Å². The first-order valence-electron chi connectivity index (χ1n) is 10.1. The smallest absolute Gasteiger partial charge is 0.251 e. The highest BCUT2D eigenvalue weighted by molar-refractivity contribution is 7.08. The summed E-state index contributed by atoms with van der Waals surface area (Å²) in [6, 6.07) is 12.1. The van der Waals surface area contributed by atoms with E-state index in [2.05, 4.69) is 56.5 Å². The molecule has 3 aromatic heterocycles. The summed E-state index contributed by atoms with van der Waals surface area (Å²) >= 11 is 1.67. The summed E-state index contributed by atoms with van der Waals surface area (Å²) in [6.07, 6.45) is 6.21. The first kappa shape index (κ1) is 18.3. The molecule has 4 aromatic rings. The van der Waals surface area contributed by atoms with Crippen LogP contribution in [0.4, 0.5) is 0 Å². The zero-order valence-corrected chi connectivity index (χ0v) is 17.3. The van der Waals surface area contributed by atoms with Gasteiger partial charge in [0.1, 0.15) is 6.33 Å². The highest BCUT2D eigenvalue weighted by Gasteiger charge is 2.18. The molecule has 1 aliphatic heterocycles. The predicted octanol–water partition coefficient (Wildman–Crippen LogP) is 4.26. The van der Waals surface area contributed by atoms with Gasteiger partial charge in [0.05, 0.1) is 16.7 Å². The molecule has 1 atom stereocenters. The predicted molar refractivity (Wildman–Crippen MR) is 119 cm³/mol. The van der Waals surface area contributed by atoms with Crippen molar-refractivity contribution in [1.82, 2.24) is 19.0 Å². The molecule has 148 valence electrons. The maximum atomic E-state index is 12.7. The van der Waals surface area contributed by atoms with E-state index in [0.29, 0.717) is 5.92 Å². The van der Waals surface area contributed by atoms with E-state index in [1.807, 2.05) is 23.2 Å². The van der Waals surface area contributed by atoms with E-state index in [0.717, 1.165) is 47.5 Å². The monoisotopic (exact) mass is 404 g/mol. The van der Waals surface area contributed by atoms with Gasteiger partial charge in [0.2, 0.25) is 0 Å². The first-order chi connectivity index (χ1) is 14.2. The van der Waals surface area contributed by atoms with E-state index in [1.54, 1.807) is 17.4 Å². The molecule has 29 heavy (non-hydrogen) atoms. The number of fused-ring (bicyclic) bond motifs is 1. The Hall–Kier alpha value is -2.70. The topological polar surface area (TPSA) is 43.1 Å². The van der Waals surface area contributed by atoms with Gasteiger partial charge in [0, 0.05) is 30.7 Å². The number of piperidine rings is 1. The molecule has 0 N–H and O–H groups in total. The van der Waals surface area contributed by atoms with Gasteiger partial charge < -0.3 is 9.47 Å². The summed E-state index contributed by atoms with van der Waals surface area (Å²) in [5.74, 6) is 0.551. The molecule has 0 aliphatic carbocycles. The molecule has 0 saturated carbocycles. The SMILES string of the molecule is CN1CCCC(Cn2ccc(-c3ccc4c(c3)ncn4-c3ccsc3)cc2=O)C1. The zero-order valence-electron chi connectivity index (χ0n) is 16.5. The highest BCUT2D eigenvalue weighted by Crippen LogP contribution is 2.26. The van der Waals surface area contributed by atoms with E-state index in [1.165, 1.54) is 12.8 Å². The Bertz CT molecular complexity index is 1190. The Kier molecular flexibility index (Phi) is 4.81. The quantitative estimate of drug-likeness (QED) is 0.510. The van der Waals surface area contributed by atoms with E-state index in [-0.39, 0.29) is 5.56 Å². The van der Waals surface area contributed by atoms with Crippen molar-refractivity contribution in [2.45, 2.75) is 19.4 Å². The second kappa shape index (κ2) is 7.61. The average Bonchev–Trinajstić information content (AvgIpc) is 3.38. The van der Waals surface area contributed by atoms with E-state index < -0.39 is 0 Å². The van der Waals surface area contributed by atoms with E-state index in [9.17, 15) is 4.79 Å². The number of imidazole rings is 1. The number of aromatic nitrogens is 3. The summed E-state index contributed by atoms with van der Waals surface area (Å²) < 4.78 is 3.95. The standard InChI is InChI=1S/C23H24N4OS/c1-25-8-2-3-17(13-25)14-26-9-6-19(12-23(26)28)18-4-5-22-21(11-18)24-16-27(22)20-7-10-29-15-20/h4-7,9-12,15-17H,2-3,8,13-14H2,1H3. The van der Waals surface area contributed by atoms with Gasteiger partial charge in [-0.05, 0) is 73.1 Å². The molecule has 0 spiro atoms. The lowest BCUT2D eigenvalue weighted by Crippen LogP contribution is -2.35. The molecule has 6 heteroatoms. The minimum absolute atomic E-state index is 0.0691. The van der Waals surface area contributed by atoms with Crippen LogP contribution in [0.25, 0.3) is 27.8 Å². The lowest BCUT2D eigenvalue weighted by atomic mass is 9.98. The number of likely N-dealkylation sites (tertiary alicyclic amines) is 1. The van der Waals surface area contributed by atoms with Crippen molar-refractivity contribution in [2.24, 2.45) is 5.92 Å². The molecule has 0 amide bonds. The molecule has 5 nitrogen and oxygen atoms in total. The lowest BCUT2D eigenvalue weighted by Gasteiger charge is -2.30. The Morgan fingerprint density at radius 3 is 2.86 bits per heavy atom. The van der Waals surface area contributed by atoms with Crippen molar-refractivity contribution < 1.29 is 0 Å². The van der Waals surface area contributed by atoms with Crippen LogP contribution in [0, 0.1) is 5.92 Å². The van der Waals surface area contributed by atoms with Crippen LogP contribution in [-0.2, 0) is 6.54 Å². The van der Waals surface area contributed by atoms with Gasteiger partial charge in [-0.3, -0.25) is 9.36 Å². The van der Waals surface area contributed by atoms with Crippen molar-refractivity contribution >= 4 is 22.4 Å². The fourth-order valence-electron chi connectivity index (χ4n) is 4.33. The third-order valence-corrected chi connectivity index (χ3v) is 6.51. The summed E-state index contributed by atoms with van der Waals surface area (Å²) in [5.41, 5.74) is 5.17. The maximum absolute atomic E-state index is 12.7. The molecule has 5 rings (SSSR count). The third-order valence-electron chi connectivity index (χ3n) is 5.84. The molecular weight excluding hydrogens is 380 g/mol. The summed E-state index contributed by atoms with van der Waals surface area (Å²) in [6.45, 7) is 3.03. The van der Waals surface area contributed by atoms with Gasteiger partial charge in [-0.25, -0.2) is 4.98 Å². The number of hydrogen-bond donors (Lipinski definition) is 0. The summed E-state index contributed by atoms with van der Waals surface area (Å²) in [7, 11) is 2.16. The fourth-order valence-corrected chi connectivity index (χ4v) is 4.96. The lowest BCUT2D eigenvalue weighted by molar-refractivity contribution is 0.193. The molecule has 1 unspecified atom stereocenters. The number of thiophene rings is 1. The number of nitrogens with zero attached hydrogens (tertiary/aromatic N) is 4. The van der Waals surface area contributed by atoms with Crippen molar-refractivity contribution in [2.75, 3.05) is 20.1 Å². The summed E-state index contributed by atoms with van der Waals surface area (Å²) in [5, 5.41) is 4.18. The van der Waals surface area contributed by atoms with Crippen LogP contribution in [-0.4, -0.2) is 39.2 Å². The molecule has 1 aromatic carbocycles. The largest absolute Gasteiger partial charge is 0.315 e. The molecule has 4 heterocycles. The number of hydrogen-bond acceptors (Lipinski definition) is 4. The maximum Gasteiger partial charge on any atom is 0.251 e. The van der Waals surface area contributed by atoms with Crippen LogP contribution in [0.2, 0.25) is 0 Å². The zero-order chi connectivity index (χ0) is 19.8. The minimum Gasteiger partial charge on any atom is -0.315 e. The Morgan fingerprint density at radius 2 is 2.07 bits per heavy atom. The number of rotatable bonds is 4. The molecular formula is C23H24N4OS. The third kappa shape index (κ3) is 3.66. The molecule has 1 aliphatic rings. The number of benzene rings is 1. The van der Waals surface area contributed by atoms with Gasteiger partial charge >= 0.3 is 0 Å². The Labute approximate surface area is 173 Å². The van der Waals surface area contributed by atoms with Crippen LogP contribution in [0.3, 0.4) is 0 Å². The second-order valence-electron chi connectivity index (χ2n) is 7.98. The van der Waals surface area contributed by atoms with Gasteiger partial charge in [-0.1, -0.05) is 6.07 Å². The van der Waals surface area contributed by atoms with E-state index in [4.69, 9.17) is 0 Å². The molecule has 0 bridgehead atoms. The fraction of sp³-hybridized carbons (Fsp3) is 0.304. The average molecular weight is 405 g/mol. The van der Waals surface area contributed by atoms with Crippen LogP contribution in [0.5, 0.6) is 0 Å². The highest BCUT2D eigenvalue weighted by atomic mass is 32.1. The van der Waals surface area contributed by atoms with Crippen LogP contribution >= 0.6 is 11.3 Å². The van der Waals surface area contributed by atoms with Gasteiger partial charge in [0.25, 0.3) is 5.56 Å². The van der Waals surface area contributed by atoms with Gasteiger partial charge in [-0.2, -0.15) is 11.3 Å². The molecule has 0 radical (unpaired) electrons. The van der Waals surface area contributed by atoms with Crippen LogP contribution in [0.1, 0.15) is 12.8 Å². The van der Waals surface area contributed by atoms with Crippen molar-refractivity contribution in [1.29, 1.82) is 0 Å². The van der Waals surface area contributed by atoms with Crippen molar-refractivity contribution in [3.8, 4) is 16.8 Å².